The summed E-state index contributed by atoms with van der Waals surface area (Å²) in [6.45, 7) is 6.76. The Bertz CT molecular complexity index is 1310. The number of benzene rings is 3. The van der Waals surface area contributed by atoms with Gasteiger partial charge in [0.1, 0.15) is 11.6 Å². The normalized spacial score (nSPS) is 14.3. The number of amides is 1. The molecule has 6 nitrogen and oxygen atoms in total. The molecule has 1 aliphatic rings. The van der Waals surface area contributed by atoms with Gasteiger partial charge in [0.25, 0.3) is 5.91 Å². The topological polar surface area (TPSA) is 75.7 Å². The monoisotopic (exact) mass is 496 g/mol. The van der Waals surface area contributed by atoms with Crippen molar-refractivity contribution in [1.82, 2.24) is 4.31 Å². The van der Waals surface area contributed by atoms with Crippen molar-refractivity contribution in [1.29, 1.82) is 0 Å². The lowest BCUT2D eigenvalue weighted by Gasteiger charge is -2.28. The van der Waals surface area contributed by atoms with Crippen LogP contribution < -0.4 is 10.1 Å². The molecule has 1 heterocycles. The predicted molar refractivity (Wildman–Crippen MR) is 133 cm³/mol. The second-order valence-corrected chi connectivity index (χ2v) is 11.6. The van der Waals surface area contributed by atoms with Gasteiger partial charge < -0.3 is 10.1 Å². The molecule has 0 spiro atoms. The van der Waals surface area contributed by atoms with Crippen LogP contribution in [-0.4, -0.2) is 31.8 Å². The number of nitrogens with one attached hydrogen (secondary N) is 1. The van der Waals surface area contributed by atoms with Crippen LogP contribution in [0.25, 0.3) is 0 Å². The third-order valence-electron chi connectivity index (χ3n) is 6.01. The number of hydrogen-bond acceptors (Lipinski definition) is 4. The first kappa shape index (κ1) is 24.9. The molecule has 0 atom stereocenters. The zero-order valence-corrected chi connectivity index (χ0v) is 20.9. The van der Waals surface area contributed by atoms with E-state index in [1.807, 2.05) is 30.3 Å². The summed E-state index contributed by atoms with van der Waals surface area (Å²) < 4.78 is 46.2. The van der Waals surface area contributed by atoms with E-state index in [0.717, 1.165) is 23.3 Å². The SMILES string of the molecule is CC(C)(C)c1ccc(OCC(=O)Nc2ccc3c(c2)CN(S(=O)(=O)c2ccc(F)cc2)CC3)cc1. The smallest absolute Gasteiger partial charge is 0.262 e. The average Bonchev–Trinajstić information content (AvgIpc) is 2.82. The van der Waals surface area contributed by atoms with E-state index < -0.39 is 15.8 Å². The first-order valence-electron chi connectivity index (χ1n) is 11.4. The summed E-state index contributed by atoms with van der Waals surface area (Å²) in [6, 6.07) is 18.0. The molecule has 1 aliphatic heterocycles. The van der Waals surface area contributed by atoms with Gasteiger partial charge in [0.15, 0.2) is 6.61 Å². The Morgan fingerprint density at radius 1 is 1.00 bits per heavy atom. The number of nitrogens with zero attached hydrogens (tertiary/aromatic N) is 1. The van der Waals surface area contributed by atoms with Gasteiger partial charge in [0, 0.05) is 18.8 Å². The highest BCUT2D eigenvalue weighted by Crippen LogP contribution is 2.28. The number of carbonyl (C=O) groups is 1. The summed E-state index contributed by atoms with van der Waals surface area (Å²) in [5.41, 5.74) is 3.64. The van der Waals surface area contributed by atoms with Gasteiger partial charge in [-0.25, -0.2) is 12.8 Å². The van der Waals surface area contributed by atoms with Crippen molar-refractivity contribution in [2.24, 2.45) is 0 Å². The highest BCUT2D eigenvalue weighted by molar-refractivity contribution is 7.89. The van der Waals surface area contributed by atoms with Gasteiger partial charge >= 0.3 is 0 Å². The lowest BCUT2D eigenvalue weighted by molar-refractivity contribution is -0.118. The Hall–Kier alpha value is -3.23. The van der Waals surface area contributed by atoms with Gasteiger partial charge in [-0.15, -0.1) is 0 Å². The molecule has 1 amide bonds. The number of anilines is 1. The quantitative estimate of drug-likeness (QED) is 0.527. The molecule has 0 bridgehead atoms. The maximum absolute atomic E-state index is 13.2. The number of rotatable bonds is 6. The van der Waals surface area contributed by atoms with Gasteiger partial charge in [-0.2, -0.15) is 4.31 Å². The van der Waals surface area contributed by atoms with E-state index in [0.29, 0.717) is 24.4 Å². The number of carbonyl (C=O) groups excluding carboxylic acids is 1. The van der Waals surface area contributed by atoms with Crippen LogP contribution in [-0.2, 0) is 33.2 Å². The lowest BCUT2D eigenvalue weighted by Crippen LogP contribution is -2.36. The highest BCUT2D eigenvalue weighted by atomic mass is 32.2. The Labute approximate surface area is 205 Å². The number of sulfonamides is 1. The van der Waals surface area contributed by atoms with Gasteiger partial charge in [-0.3, -0.25) is 4.79 Å². The van der Waals surface area contributed by atoms with Crippen LogP contribution in [0.2, 0.25) is 0 Å². The molecule has 35 heavy (non-hydrogen) atoms. The molecule has 1 N–H and O–H groups in total. The standard InChI is InChI=1S/C27H29FN2O4S/c1-27(2,3)21-5-10-24(11-6-21)34-18-26(31)29-23-9-4-19-14-15-30(17-20(19)16-23)35(32,33)25-12-7-22(28)8-13-25/h4-13,16H,14-15,17-18H2,1-3H3,(H,29,31). The summed E-state index contributed by atoms with van der Waals surface area (Å²) in [7, 11) is -3.75. The van der Waals surface area contributed by atoms with Crippen LogP contribution in [0.3, 0.4) is 0 Å². The minimum Gasteiger partial charge on any atom is -0.484 e. The van der Waals surface area contributed by atoms with Crippen molar-refractivity contribution in [3.05, 3.63) is 89.2 Å². The molecular formula is C27H29FN2O4S. The maximum Gasteiger partial charge on any atom is 0.262 e. The summed E-state index contributed by atoms with van der Waals surface area (Å²) in [5.74, 6) is -0.184. The number of hydrogen-bond donors (Lipinski definition) is 1. The first-order chi connectivity index (χ1) is 16.5. The van der Waals surface area contributed by atoms with Crippen LogP contribution in [0, 0.1) is 5.82 Å². The van der Waals surface area contributed by atoms with E-state index in [9.17, 15) is 17.6 Å². The average molecular weight is 497 g/mol. The van der Waals surface area contributed by atoms with E-state index in [-0.39, 0.29) is 29.4 Å². The van der Waals surface area contributed by atoms with E-state index in [1.54, 1.807) is 12.1 Å². The third kappa shape index (κ3) is 5.89. The first-order valence-corrected chi connectivity index (χ1v) is 12.9. The largest absolute Gasteiger partial charge is 0.484 e. The molecular weight excluding hydrogens is 467 g/mol. The lowest BCUT2D eigenvalue weighted by atomic mass is 9.87. The third-order valence-corrected chi connectivity index (χ3v) is 7.87. The molecule has 0 fully saturated rings. The van der Waals surface area contributed by atoms with Crippen LogP contribution in [0.1, 0.15) is 37.5 Å². The van der Waals surface area contributed by atoms with Crippen molar-refractivity contribution in [2.45, 2.75) is 44.0 Å². The Morgan fingerprint density at radius 2 is 1.69 bits per heavy atom. The molecule has 4 rings (SSSR count). The van der Waals surface area contributed by atoms with Crippen molar-refractivity contribution in [2.75, 3.05) is 18.5 Å². The van der Waals surface area contributed by atoms with Crippen LogP contribution in [0.15, 0.2) is 71.6 Å². The van der Waals surface area contributed by atoms with Gasteiger partial charge in [0.05, 0.1) is 4.90 Å². The minimum absolute atomic E-state index is 0.0380. The minimum atomic E-state index is -3.75. The second-order valence-electron chi connectivity index (χ2n) is 9.64. The zero-order valence-electron chi connectivity index (χ0n) is 20.0. The molecule has 3 aromatic carbocycles. The molecule has 0 aromatic heterocycles. The fraction of sp³-hybridized carbons (Fsp3) is 0.296. The fourth-order valence-corrected chi connectivity index (χ4v) is 5.39. The molecule has 0 radical (unpaired) electrons. The summed E-state index contributed by atoms with van der Waals surface area (Å²) in [4.78, 5) is 12.5. The fourth-order valence-electron chi connectivity index (χ4n) is 3.97. The predicted octanol–water partition coefficient (Wildman–Crippen LogP) is 4.89. The molecule has 0 saturated carbocycles. The van der Waals surface area contributed by atoms with E-state index in [4.69, 9.17) is 4.74 Å². The van der Waals surface area contributed by atoms with Gasteiger partial charge in [-0.05, 0) is 77.1 Å². The molecule has 0 aliphatic carbocycles. The van der Waals surface area contributed by atoms with Crippen LogP contribution in [0.4, 0.5) is 10.1 Å². The Kier molecular flexibility index (Phi) is 6.96. The Morgan fingerprint density at radius 3 is 2.34 bits per heavy atom. The van der Waals surface area contributed by atoms with E-state index in [1.165, 1.54) is 22.0 Å². The van der Waals surface area contributed by atoms with Crippen molar-refractivity contribution >= 4 is 21.6 Å². The molecule has 8 heteroatoms. The van der Waals surface area contributed by atoms with E-state index in [2.05, 4.69) is 26.1 Å². The number of halogens is 1. The van der Waals surface area contributed by atoms with Crippen molar-refractivity contribution in [3.8, 4) is 5.75 Å². The van der Waals surface area contributed by atoms with E-state index >= 15 is 0 Å². The van der Waals surface area contributed by atoms with Gasteiger partial charge in [0.2, 0.25) is 10.0 Å². The van der Waals surface area contributed by atoms with Crippen molar-refractivity contribution in [3.63, 3.8) is 0 Å². The summed E-state index contributed by atoms with van der Waals surface area (Å²) in [6.07, 6.45) is 0.553. The molecule has 184 valence electrons. The number of fused-ring (bicyclic) bond motifs is 1. The maximum atomic E-state index is 13.2. The highest BCUT2D eigenvalue weighted by Gasteiger charge is 2.28. The summed E-state index contributed by atoms with van der Waals surface area (Å²) in [5, 5.41) is 2.82. The van der Waals surface area contributed by atoms with Crippen LogP contribution in [0.5, 0.6) is 5.75 Å². The van der Waals surface area contributed by atoms with Crippen LogP contribution >= 0.6 is 0 Å². The molecule has 0 saturated heterocycles. The van der Waals surface area contributed by atoms with Gasteiger partial charge in [-0.1, -0.05) is 39.0 Å². The summed E-state index contributed by atoms with van der Waals surface area (Å²) >= 11 is 0. The second kappa shape index (κ2) is 9.79. The zero-order chi connectivity index (χ0) is 25.2. The van der Waals surface area contributed by atoms with Crippen molar-refractivity contribution < 1.29 is 22.3 Å². The molecule has 3 aromatic rings. The number of ether oxygens (including phenoxy) is 1. The molecule has 0 unspecified atom stereocenters. The Balaban J connectivity index is 1.39.